The molecule has 0 rings (SSSR count). The lowest BCUT2D eigenvalue weighted by atomic mass is 10.3. The van der Waals surface area contributed by atoms with Crippen molar-refractivity contribution >= 4 is 6.08 Å². The van der Waals surface area contributed by atoms with E-state index in [1.807, 2.05) is 19.0 Å². The molecule has 0 unspecified atom stereocenters. The third kappa shape index (κ3) is 5.22. The number of rotatable bonds is 4. The van der Waals surface area contributed by atoms with Crippen LogP contribution in [0.3, 0.4) is 0 Å². The highest BCUT2D eigenvalue weighted by Gasteiger charge is 1.93. The molecule has 0 aliphatic carbocycles. The van der Waals surface area contributed by atoms with Gasteiger partial charge in [0.2, 0.25) is 6.08 Å². The Morgan fingerprint density at radius 1 is 1.70 bits per heavy atom. The van der Waals surface area contributed by atoms with Crippen LogP contribution in [0.25, 0.3) is 0 Å². The predicted octanol–water partition coefficient (Wildman–Crippen LogP) is 0.440. The number of aliphatic imine (C=N–C) groups is 1. The Morgan fingerprint density at radius 3 is 2.70 bits per heavy atom. The van der Waals surface area contributed by atoms with Crippen LogP contribution in [-0.2, 0) is 4.79 Å². The van der Waals surface area contributed by atoms with E-state index >= 15 is 0 Å². The predicted molar refractivity (Wildman–Crippen MR) is 40.7 cm³/mol. The van der Waals surface area contributed by atoms with Gasteiger partial charge in [0.05, 0.1) is 6.54 Å². The fourth-order valence-electron chi connectivity index (χ4n) is 0.641. The summed E-state index contributed by atoms with van der Waals surface area (Å²) in [6.07, 6.45) is 1.47. The van der Waals surface area contributed by atoms with Crippen LogP contribution in [0.4, 0.5) is 0 Å². The highest BCUT2D eigenvalue weighted by atomic mass is 16.1. The maximum atomic E-state index is 9.65. The minimum atomic E-state index is 0.391. The molecule has 0 aliphatic rings. The maximum Gasteiger partial charge on any atom is 0.235 e. The van der Waals surface area contributed by atoms with E-state index in [9.17, 15) is 4.79 Å². The van der Waals surface area contributed by atoms with Gasteiger partial charge in [-0.05, 0) is 19.7 Å². The molecule has 0 aromatic heterocycles. The largest absolute Gasteiger partial charge is 0.305 e. The first-order valence-corrected chi connectivity index (χ1v) is 3.02. The lowest BCUT2D eigenvalue weighted by molar-refractivity contribution is 0.443. The maximum absolute atomic E-state index is 9.65. The normalized spacial score (nSPS) is 9.10. The van der Waals surface area contributed by atoms with Gasteiger partial charge in [0, 0.05) is 6.54 Å². The molecule has 0 atom stereocenters. The monoisotopic (exact) mass is 140 g/mol. The number of likely N-dealkylation sites (N-methyl/N-ethyl adjacent to an activating group) is 1. The number of nitrogens with zero attached hydrogens (tertiary/aromatic N) is 2. The summed E-state index contributed by atoms with van der Waals surface area (Å²) in [5.74, 6) is 0. The summed E-state index contributed by atoms with van der Waals surface area (Å²) in [4.78, 5) is 15.0. The fraction of sp³-hybridized carbons (Fsp3) is 0.571. The first-order chi connectivity index (χ1) is 4.66. The molecule has 0 fully saturated rings. The quantitative estimate of drug-likeness (QED) is 0.322. The van der Waals surface area contributed by atoms with E-state index in [2.05, 4.69) is 11.6 Å². The molecule has 0 saturated carbocycles. The van der Waals surface area contributed by atoms with Crippen molar-refractivity contribution in [2.24, 2.45) is 4.99 Å². The summed E-state index contributed by atoms with van der Waals surface area (Å²) >= 11 is 0. The topological polar surface area (TPSA) is 32.7 Å². The smallest absolute Gasteiger partial charge is 0.235 e. The zero-order valence-electron chi connectivity index (χ0n) is 6.42. The Labute approximate surface area is 61.1 Å². The molecule has 0 aromatic carbocycles. The molecule has 10 heavy (non-hydrogen) atoms. The zero-order chi connectivity index (χ0) is 7.98. The highest BCUT2D eigenvalue weighted by molar-refractivity contribution is 5.33. The molecule has 0 amide bonds. The van der Waals surface area contributed by atoms with Crippen molar-refractivity contribution in [3.8, 4) is 0 Å². The van der Waals surface area contributed by atoms with Gasteiger partial charge in [-0.25, -0.2) is 9.79 Å². The van der Waals surface area contributed by atoms with Crippen molar-refractivity contribution in [3.63, 3.8) is 0 Å². The van der Waals surface area contributed by atoms with E-state index in [0.29, 0.717) is 6.54 Å². The summed E-state index contributed by atoms with van der Waals surface area (Å²) < 4.78 is 0. The first-order valence-electron chi connectivity index (χ1n) is 3.02. The fourth-order valence-corrected chi connectivity index (χ4v) is 0.641. The molecule has 0 N–H and O–H groups in total. The minimum absolute atomic E-state index is 0.391. The van der Waals surface area contributed by atoms with E-state index in [1.165, 1.54) is 6.08 Å². The van der Waals surface area contributed by atoms with Gasteiger partial charge in [-0.15, -0.1) is 0 Å². The second-order valence-corrected chi connectivity index (χ2v) is 2.40. The Morgan fingerprint density at radius 2 is 2.30 bits per heavy atom. The van der Waals surface area contributed by atoms with Gasteiger partial charge in [0.15, 0.2) is 0 Å². The standard InChI is InChI=1S/C7H12N2O/c1-7(4-8-6-10)5-9(2)3/h1,4-5H2,2-3H3. The van der Waals surface area contributed by atoms with Crippen LogP contribution < -0.4 is 0 Å². The first kappa shape index (κ1) is 9.08. The molecule has 0 spiro atoms. The van der Waals surface area contributed by atoms with E-state index in [0.717, 1.165) is 12.1 Å². The summed E-state index contributed by atoms with van der Waals surface area (Å²) in [5, 5.41) is 0. The summed E-state index contributed by atoms with van der Waals surface area (Å²) in [6, 6.07) is 0. The van der Waals surface area contributed by atoms with E-state index in [1.54, 1.807) is 0 Å². The van der Waals surface area contributed by atoms with Crippen LogP contribution in [-0.4, -0.2) is 38.2 Å². The van der Waals surface area contributed by atoms with E-state index < -0.39 is 0 Å². The van der Waals surface area contributed by atoms with Crippen molar-refractivity contribution in [1.29, 1.82) is 0 Å². The minimum Gasteiger partial charge on any atom is -0.305 e. The van der Waals surface area contributed by atoms with Crippen molar-refractivity contribution < 1.29 is 4.79 Å². The molecule has 0 bridgehead atoms. The average molecular weight is 140 g/mol. The zero-order valence-corrected chi connectivity index (χ0v) is 6.42. The molecular formula is C7H12N2O. The molecule has 56 valence electrons. The molecule has 0 aromatic rings. The number of hydrogen-bond acceptors (Lipinski definition) is 3. The van der Waals surface area contributed by atoms with Gasteiger partial charge < -0.3 is 4.90 Å². The summed E-state index contributed by atoms with van der Waals surface area (Å²) in [5.41, 5.74) is 0.924. The Bertz CT molecular complexity index is 157. The van der Waals surface area contributed by atoms with Gasteiger partial charge in [-0.3, -0.25) is 0 Å². The van der Waals surface area contributed by atoms with Crippen molar-refractivity contribution in [1.82, 2.24) is 4.90 Å². The van der Waals surface area contributed by atoms with Gasteiger partial charge in [-0.1, -0.05) is 6.58 Å². The summed E-state index contributed by atoms with van der Waals surface area (Å²) in [6.45, 7) is 4.88. The van der Waals surface area contributed by atoms with Gasteiger partial charge in [0.1, 0.15) is 0 Å². The molecule has 3 heteroatoms. The van der Waals surface area contributed by atoms with Crippen molar-refractivity contribution in [2.75, 3.05) is 27.2 Å². The Balaban J connectivity index is 3.54. The van der Waals surface area contributed by atoms with Crippen LogP contribution in [0.2, 0.25) is 0 Å². The van der Waals surface area contributed by atoms with Crippen LogP contribution in [0, 0.1) is 0 Å². The lowest BCUT2D eigenvalue weighted by Gasteiger charge is -2.08. The van der Waals surface area contributed by atoms with Crippen molar-refractivity contribution in [3.05, 3.63) is 12.2 Å². The second kappa shape index (κ2) is 4.91. The molecular weight excluding hydrogens is 128 g/mol. The SMILES string of the molecule is C=C(CN=C=O)CN(C)C. The third-order valence-corrected chi connectivity index (χ3v) is 0.907. The van der Waals surface area contributed by atoms with Crippen LogP contribution in [0.15, 0.2) is 17.1 Å². The second-order valence-electron chi connectivity index (χ2n) is 2.40. The van der Waals surface area contributed by atoms with E-state index in [-0.39, 0.29) is 0 Å². The summed E-state index contributed by atoms with van der Waals surface area (Å²) in [7, 11) is 3.88. The van der Waals surface area contributed by atoms with Crippen LogP contribution in [0.5, 0.6) is 0 Å². The molecule has 0 saturated heterocycles. The number of isocyanates is 1. The molecule has 0 aliphatic heterocycles. The Hall–Kier alpha value is -0.920. The van der Waals surface area contributed by atoms with Gasteiger partial charge in [-0.2, -0.15) is 0 Å². The van der Waals surface area contributed by atoms with Gasteiger partial charge >= 0.3 is 0 Å². The molecule has 0 radical (unpaired) electrons. The van der Waals surface area contributed by atoms with Gasteiger partial charge in [0.25, 0.3) is 0 Å². The highest BCUT2D eigenvalue weighted by Crippen LogP contribution is 1.91. The number of carbonyl (C=O) groups excluding carboxylic acids is 1. The molecule has 3 nitrogen and oxygen atoms in total. The Kier molecular flexibility index (Phi) is 4.46. The number of hydrogen-bond donors (Lipinski definition) is 0. The molecule has 0 heterocycles. The van der Waals surface area contributed by atoms with Crippen LogP contribution >= 0.6 is 0 Å². The van der Waals surface area contributed by atoms with Crippen LogP contribution in [0.1, 0.15) is 0 Å². The van der Waals surface area contributed by atoms with Crippen molar-refractivity contribution in [2.45, 2.75) is 0 Å². The lowest BCUT2D eigenvalue weighted by Crippen LogP contribution is -2.15. The third-order valence-electron chi connectivity index (χ3n) is 0.907. The van der Waals surface area contributed by atoms with E-state index in [4.69, 9.17) is 0 Å². The average Bonchev–Trinajstić information content (AvgIpc) is 1.82.